The fourth-order valence-corrected chi connectivity index (χ4v) is 2.30. The second-order valence-corrected chi connectivity index (χ2v) is 5.26. The van der Waals surface area contributed by atoms with Crippen LogP contribution < -0.4 is 5.73 Å². The summed E-state index contributed by atoms with van der Waals surface area (Å²) in [7, 11) is 0. The number of carbonyl (C=O) groups excluding carboxylic acids is 2. The van der Waals surface area contributed by atoms with E-state index in [1.54, 1.807) is 29.2 Å². The molecule has 1 aromatic rings. The first kappa shape index (κ1) is 14.0. The summed E-state index contributed by atoms with van der Waals surface area (Å²) in [4.78, 5) is 25.5. The molecule has 19 heavy (non-hydrogen) atoms. The molecule has 5 heteroatoms. The van der Waals surface area contributed by atoms with Crippen LogP contribution in [0.3, 0.4) is 0 Å². The first-order valence-corrected chi connectivity index (χ1v) is 6.76. The van der Waals surface area contributed by atoms with Crippen molar-refractivity contribution in [3.8, 4) is 0 Å². The third-order valence-electron chi connectivity index (χ3n) is 3.31. The molecule has 1 amide bonds. The molecule has 4 nitrogen and oxygen atoms in total. The molecule has 1 heterocycles. The summed E-state index contributed by atoms with van der Waals surface area (Å²) in [5.41, 5.74) is 6.34. The smallest absolute Gasteiger partial charge is 0.223 e. The van der Waals surface area contributed by atoms with Crippen molar-refractivity contribution >= 4 is 23.3 Å². The minimum absolute atomic E-state index is 0.00950. The molecule has 2 N–H and O–H groups in total. The Morgan fingerprint density at radius 2 is 1.95 bits per heavy atom. The zero-order chi connectivity index (χ0) is 13.8. The highest BCUT2D eigenvalue weighted by Crippen LogP contribution is 2.14. The highest BCUT2D eigenvalue weighted by molar-refractivity contribution is 6.30. The van der Waals surface area contributed by atoms with Crippen LogP contribution in [-0.2, 0) is 4.79 Å². The Morgan fingerprint density at radius 3 is 2.53 bits per heavy atom. The Labute approximate surface area is 117 Å². The molecule has 0 bridgehead atoms. The second-order valence-electron chi connectivity index (χ2n) is 4.82. The van der Waals surface area contributed by atoms with E-state index in [2.05, 4.69) is 0 Å². The van der Waals surface area contributed by atoms with Crippen molar-refractivity contribution in [3.05, 3.63) is 34.9 Å². The van der Waals surface area contributed by atoms with Crippen molar-refractivity contribution in [2.45, 2.75) is 25.3 Å². The Bertz CT molecular complexity index is 473. The van der Waals surface area contributed by atoms with Gasteiger partial charge < -0.3 is 10.6 Å². The van der Waals surface area contributed by atoms with Gasteiger partial charge in [0.15, 0.2) is 5.78 Å². The van der Waals surface area contributed by atoms with Crippen molar-refractivity contribution in [3.63, 3.8) is 0 Å². The zero-order valence-electron chi connectivity index (χ0n) is 10.6. The number of rotatable bonds is 4. The average Bonchev–Trinajstić information content (AvgIpc) is 2.83. The molecule has 102 valence electrons. The third-order valence-corrected chi connectivity index (χ3v) is 3.56. The number of Topliss-reactive ketones (excluding diaryl/α,β-unsaturated/α-hetero) is 1. The molecule has 1 saturated heterocycles. The van der Waals surface area contributed by atoms with E-state index in [1.165, 1.54) is 0 Å². The number of hydrogen-bond donors (Lipinski definition) is 1. The lowest BCUT2D eigenvalue weighted by Crippen LogP contribution is -2.32. The van der Waals surface area contributed by atoms with Gasteiger partial charge in [0.05, 0.1) is 0 Å². The quantitative estimate of drug-likeness (QED) is 0.856. The van der Waals surface area contributed by atoms with Crippen molar-refractivity contribution in [1.82, 2.24) is 4.90 Å². The van der Waals surface area contributed by atoms with Crippen molar-refractivity contribution in [2.75, 3.05) is 13.1 Å². The lowest BCUT2D eigenvalue weighted by atomic mass is 10.1. The zero-order valence-corrected chi connectivity index (χ0v) is 11.4. The Balaban J connectivity index is 1.83. The van der Waals surface area contributed by atoms with Crippen LogP contribution in [0.25, 0.3) is 0 Å². The lowest BCUT2D eigenvalue weighted by Gasteiger charge is -2.15. The summed E-state index contributed by atoms with van der Waals surface area (Å²) in [5, 5.41) is 0.596. The molecule has 0 unspecified atom stereocenters. The van der Waals surface area contributed by atoms with E-state index in [4.69, 9.17) is 17.3 Å². The third kappa shape index (κ3) is 3.78. The standard InChI is InChI=1S/C14H17ClN2O2/c15-11-3-1-10(2-4-11)13(18)5-6-14(19)17-8-7-12(16)9-17/h1-4,12H,5-9,16H2/t12-/m1/s1. The van der Waals surface area contributed by atoms with Gasteiger partial charge in [0, 0.05) is 42.6 Å². The van der Waals surface area contributed by atoms with Gasteiger partial charge in [-0.25, -0.2) is 0 Å². The van der Waals surface area contributed by atoms with Gasteiger partial charge >= 0.3 is 0 Å². The Kier molecular flexibility index (Phi) is 4.56. The van der Waals surface area contributed by atoms with Gasteiger partial charge in [-0.3, -0.25) is 9.59 Å². The first-order chi connectivity index (χ1) is 9.06. The van der Waals surface area contributed by atoms with Gasteiger partial charge in [-0.2, -0.15) is 0 Å². The van der Waals surface area contributed by atoms with Crippen LogP contribution in [0.4, 0.5) is 0 Å². The number of likely N-dealkylation sites (tertiary alicyclic amines) is 1. The summed E-state index contributed by atoms with van der Waals surface area (Å²) in [6.07, 6.45) is 1.32. The van der Waals surface area contributed by atoms with Crippen LogP contribution in [0.2, 0.25) is 5.02 Å². The molecule has 1 atom stereocenters. The van der Waals surface area contributed by atoms with E-state index in [9.17, 15) is 9.59 Å². The largest absolute Gasteiger partial charge is 0.341 e. The van der Waals surface area contributed by atoms with E-state index in [-0.39, 0.29) is 30.6 Å². The van der Waals surface area contributed by atoms with E-state index < -0.39 is 0 Å². The maximum absolute atomic E-state index is 11.9. The van der Waals surface area contributed by atoms with E-state index >= 15 is 0 Å². The molecular formula is C14H17ClN2O2. The van der Waals surface area contributed by atoms with Gasteiger partial charge in [0.2, 0.25) is 5.91 Å². The Morgan fingerprint density at radius 1 is 1.26 bits per heavy atom. The topological polar surface area (TPSA) is 63.4 Å². The van der Waals surface area contributed by atoms with Gasteiger partial charge in [-0.1, -0.05) is 11.6 Å². The number of hydrogen-bond acceptors (Lipinski definition) is 3. The molecule has 0 spiro atoms. The van der Waals surface area contributed by atoms with Gasteiger partial charge in [-0.15, -0.1) is 0 Å². The van der Waals surface area contributed by atoms with Gasteiger partial charge in [0.25, 0.3) is 0 Å². The normalized spacial score (nSPS) is 18.6. The molecule has 2 rings (SSSR count). The number of ketones is 1. The fourth-order valence-electron chi connectivity index (χ4n) is 2.17. The highest BCUT2D eigenvalue weighted by atomic mass is 35.5. The number of halogens is 1. The minimum atomic E-state index is -0.0338. The highest BCUT2D eigenvalue weighted by Gasteiger charge is 2.23. The monoisotopic (exact) mass is 280 g/mol. The number of nitrogens with two attached hydrogens (primary N) is 1. The summed E-state index contributed by atoms with van der Waals surface area (Å²) >= 11 is 5.76. The molecule has 1 aliphatic rings. The fraction of sp³-hybridized carbons (Fsp3) is 0.429. The van der Waals surface area contributed by atoms with Crippen molar-refractivity contribution < 1.29 is 9.59 Å². The number of benzene rings is 1. The van der Waals surface area contributed by atoms with Crippen LogP contribution in [0.1, 0.15) is 29.6 Å². The molecule has 0 saturated carbocycles. The number of nitrogens with zero attached hydrogens (tertiary/aromatic N) is 1. The predicted octanol–water partition coefficient (Wildman–Crippen LogP) is 1.86. The molecule has 1 fully saturated rings. The molecule has 0 aromatic heterocycles. The summed E-state index contributed by atoms with van der Waals surface area (Å²) in [5.74, 6) is -0.0243. The minimum Gasteiger partial charge on any atom is -0.341 e. The predicted molar refractivity (Wildman–Crippen MR) is 74.2 cm³/mol. The van der Waals surface area contributed by atoms with E-state index in [0.29, 0.717) is 23.7 Å². The van der Waals surface area contributed by atoms with Gasteiger partial charge in [-0.05, 0) is 30.7 Å². The maximum Gasteiger partial charge on any atom is 0.223 e. The first-order valence-electron chi connectivity index (χ1n) is 6.38. The van der Waals surface area contributed by atoms with Crippen molar-refractivity contribution in [1.29, 1.82) is 0 Å². The van der Waals surface area contributed by atoms with Crippen LogP contribution >= 0.6 is 11.6 Å². The molecule has 0 radical (unpaired) electrons. The number of carbonyl (C=O) groups is 2. The molecular weight excluding hydrogens is 264 g/mol. The summed E-state index contributed by atoms with van der Waals surface area (Å²) in [6.45, 7) is 1.31. The Hall–Kier alpha value is -1.39. The average molecular weight is 281 g/mol. The van der Waals surface area contributed by atoms with Gasteiger partial charge in [0.1, 0.15) is 0 Å². The lowest BCUT2D eigenvalue weighted by molar-refractivity contribution is -0.130. The molecule has 1 aromatic carbocycles. The van der Waals surface area contributed by atoms with E-state index in [1.807, 2.05) is 0 Å². The van der Waals surface area contributed by atoms with Crippen LogP contribution in [-0.4, -0.2) is 35.7 Å². The second kappa shape index (κ2) is 6.17. The number of amides is 1. The molecule has 0 aliphatic carbocycles. The summed E-state index contributed by atoms with van der Waals surface area (Å²) < 4.78 is 0. The van der Waals surface area contributed by atoms with Crippen LogP contribution in [0, 0.1) is 0 Å². The van der Waals surface area contributed by atoms with Crippen molar-refractivity contribution in [2.24, 2.45) is 5.73 Å². The maximum atomic E-state index is 11.9. The SMILES string of the molecule is N[C@@H]1CCN(C(=O)CCC(=O)c2ccc(Cl)cc2)C1. The van der Waals surface area contributed by atoms with Crippen LogP contribution in [0.5, 0.6) is 0 Å². The molecule has 1 aliphatic heterocycles. The summed E-state index contributed by atoms with van der Waals surface area (Å²) in [6, 6.07) is 6.80. The van der Waals surface area contributed by atoms with E-state index in [0.717, 1.165) is 6.42 Å². The van der Waals surface area contributed by atoms with Crippen LogP contribution in [0.15, 0.2) is 24.3 Å².